The van der Waals surface area contributed by atoms with Crippen LogP contribution in [0, 0.1) is 18.3 Å². The minimum absolute atomic E-state index is 0.0560. The van der Waals surface area contributed by atoms with Gasteiger partial charge in [0.2, 0.25) is 5.91 Å². The predicted octanol–water partition coefficient (Wildman–Crippen LogP) is 0.331. The molecule has 1 atom stereocenters. The second-order valence-corrected chi connectivity index (χ2v) is 3.95. The van der Waals surface area contributed by atoms with Crippen LogP contribution in [0.2, 0.25) is 0 Å². The van der Waals surface area contributed by atoms with Gasteiger partial charge in [0.25, 0.3) is 0 Å². The van der Waals surface area contributed by atoms with Crippen LogP contribution < -0.4 is 0 Å². The van der Waals surface area contributed by atoms with Crippen LogP contribution in [-0.2, 0) is 9.59 Å². The summed E-state index contributed by atoms with van der Waals surface area (Å²) in [5.41, 5.74) is -0.693. The molecule has 4 nitrogen and oxygen atoms in total. The highest BCUT2D eigenvalue weighted by Crippen LogP contribution is 2.25. The highest BCUT2D eigenvalue weighted by atomic mass is 16.4. The molecule has 4 heteroatoms. The van der Waals surface area contributed by atoms with Crippen molar-refractivity contribution in [3.63, 3.8) is 0 Å². The molecule has 0 radical (unpaired) electrons. The molecule has 1 aliphatic heterocycles. The summed E-state index contributed by atoms with van der Waals surface area (Å²) in [6, 6.07) is 0. The molecular formula is C10H13NO3. The molecule has 1 amide bonds. The number of hydrogen-bond donors (Lipinski definition) is 1. The van der Waals surface area contributed by atoms with E-state index in [-0.39, 0.29) is 18.9 Å². The summed E-state index contributed by atoms with van der Waals surface area (Å²) in [6.07, 6.45) is 5.33. The topological polar surface area (TPSA) is 57.6 Å². The Morgan fingerprint density at radius 3 is 2.64 bits per heavy atom. The number of amides is 1. The molecule has 1 rings (SSSR count). The van der Waals surface area contributed by atoms with Gasteiger partial charge in [0.1, 0.15) is 0 Å². The van der Waals surface area contributed by atoms with E-state index in [1.165, 1.54) is 4.90 Å². The third-order valence-corrected chi connectivity index (χ3v) is 2.50. The number of nitrogens with zero attached hydrogens (tertiary/aromatic N) is 1. The van der Waals surface area contributed by atoms with Crippen molar-refractivity contribution in [1.82, 2.24) is 4.90 Å². The third-order valence-electron chi connectivity index (χ3n) is 2.50. The minimum atomic E-state index is -0.936. The van der Waals surface area contributed by atoms with E-state index in [1.54, 1.807) is 13.8 Å². The van der Waals surface area contributed by atoms with Gasteiger partial charge in [-0.05, 0) is 13.8 Å². The van der Waals surface area contributed by atoms with Crippen molar-refractivity contribution in [2.75, 3.05) is 6.54 Å². The second kappa shape index (κ2) is 3.33. The van der Waals surface area contributed by atoms with Crippen molar-refractivity contribution in [2.24, 2.45) is 5.92 Å². The zero-order valence-electron chi connectivity index (χ0n) is 8.28. The molecule has 0 aromatic carbocycles. The van der Waals surface area contributed by atoms with E-state index in [4.69, 9.17) is 11.5 Å². The first kappa shape index (κ1) is 10.6. The van der Waals surface area contributed by atoms with Crippen molar-refractivity contribution in [3.05, 3.63) is 0 Å². The molecule has 0 saturated carbocycles. The van der Waals surface area contributed by atoms with Gasteiger partial charge >= 0.3 is 5.97 Å². The molecule has 76 valence electrons. The van der Waals surface area contributed by atoms with Crippen LogP contribution in [0.1, 0.15) is 20.3 Å². The van der Waals surface area contributed by atoms with Crippen molar-refractivity contribution in [3.8, 4) is 12.3 Å². The Hall–Kier alpha value is -1.50. The van der Waals surface area contributed by atoms with E-state index in [9.17, 15) is 9.59 Å². The summed E-state index contributed by atoms with van der Waals surface area (Å²) in [4.78, 5) is 23.6. The lowest BCUT2D eigenvalue weighted by molar-refractivity contribution is -0.141. The Kier molecular flexibility index (Phi) is 2.52. The molecule has 0 aromatic heterocycles. The van der Waals surface area contributed by atoms with Gasteiger partial charge in [-0.25, -0.2) is 0 Å². The molecule has 0 aliphatic carbocycles. The highest BCUT2D eigenvalue weighted by Gasteiger charge is 2.40. The Morgan fingerprint density at radius 2 is 2.29 bits per heavy atom. The Balaban J connectivity index is 2.82. The van der Waals surface area contributed by atoms with Gasteiger partial charge in [-0.2, -0.15) is 0 Å². The highest BCUT2D eigenvalue weighted by molar-refractivity contribution is 5.86. The normalized spacial score (nSPS) is 22.2. The van der Waals surface area contributed by atoms with E-state index in [0.717, 1.165) is 0 Å². The van der Waals surface area contributed by atoms with Crippen LogP contribution in [0.5, 0.6) is 0 Å². The summed E-state index contributed by atoms with van der Waals surface area (Å²) in [5.74, 6) is 0.753. The fraction of sp³-hybridized carbons (Fsp3) is 0.600. The lowest BCUT2D eigenvalue weighted by Gasteiger charge is -2.30. The van der Waals surface area contributed by atoms with E-state index in [2.05, 4.69) is 5.92 Å². The molecule has 0 bridgehead atoms. The largest absolute Gasteiger partial charge is 0.481 e. The summed E-state index contributed by atoms with van der Waals surface area (Å²) < 4.78 is 0. The average molecular weight is 195 g/mol. The van der Waals surface area contributed by atoms with Crippen LogP contribution in [0.3, 0.4) is 0 Å². The number of carbonyl (C=O) groups is 2. The first-order valence-electron chi connectivity index (χ1n) is 4.39. The van der Waals surface area contributed by atoms with Crippen molar-refractivity contribution in [1.29, 1.82) is 0 Å². The fourth-order valence-corrected chi connectivity index (χ4v) is 1.49. The zero-order chi connectivity index (χ0) is 10.9. The van der Waals surface area contributed by atoms with E-state index in [1.807, 2.05) is 0 Å². The summed E-state index contributed by atoms with van der Waals surface area (Å²) in [7, 11) is 0. The zero-order valence-corrected chi connectivity index (χ0v) is 8.28. The summed E-state index contributed by atoms with van der Waals surface area (Å²) >= 11 is 0. The maximum Gasteiger partial charge on any atom is 0.308 e. The van der Waals surface area contributed by atoms with E-state index in [0.29, 0.717) is 0 Å². The first-order valence-corrected chi connectivity index (χ1v) is 4.39. The first-order chi connectivity index (χ1) is 6.38. The fourth-order valence-electron chi connectivity index (χ4n) is 1.49. The Bertz CT molecular complexity index is 314. The van der Waals surface area contributed by atoms with Gasteiger partial charge < -0.3 is 10.0 Å². The number of rotatable bonds is 2. The number of hydrogen-bond acceptors (Lipinski definition) is 2. The summed E-state index contributed by atoms with van der Waals surface area (Å²) in [6.45, 7) is 3.68. The molecule has 1 unspecified atom stereocenters. The Morgan fingerprint density at radius 1 is 1.71 bits per heavy atom. The molecule has 1 fully saturated rings. The van der Waals surface area contributed by atoms with Gasteiger partial charge in [0.15, 0.2) is 0 Å². The van der Waals surface area contributed by atoms with Crippen LogP contribution in [-0.4, -0.2) is 34.0 Å². The van der Waals surface area contributed by atoms with Crippen molar-refractivity contribution >= 4 is 11.9 Å². The number of carboxylic acids is 1. The molecule has 0 aromatic rings. The van der Waals surface area contributed by atoms with Gasteiger partial charge in [-0.1, -0.05) is 5.92 Å². The number of carbonyl (C=O) groups excluding carboxylic acids is 1. The SMILES string of the molecule is C#CC(C)(C)N1CC(C(=O)O)CC1=O. The van der Waals surface area contributed by atoms with Crippen molar-refractivity contribution in [2.45, 2.75) is 25.8 Å². The van der Waals surface area contributed by atoms with E-state index < -0.39 is 17.4 Å². The predicted molar refractivity (Wildman–Crippen MR) is 50.4 cm³/mol. The molecule has 1 aliphatic rings. The third kappa shape index (κ3) is 1.72. The van der Waals surface area contributed by atoms with Gasteiger partial charge in [0, 0.05) is 13.0 Å². The average Bonchev–Trinajstić information content (AvgIpc) is 2.48. The lowest BCUT2D eigenvalue weighted by Crippen LogP contribution is -2.44. The molecule has 1 heterocycles. The maximum absolute atomic E-state index is 11.5. The van der Waals surface area contributed by atoms with Gasteiger partial charge in [-0.15, -0.1) is 6.42 Å². The quantitative estimate of drug-likeness (QED) is 0.646. The van der Waals surface area contributed by atoms with Gasteiger partial charge in [-0.3, -0.25) is 9.59 Å². The van der Waals surface area contributed by atoms with Crippen LogP contribution >= 0.6 is 0 Å². The molecule has 0 spiro atoms. The standard InChI is InChI=1S/C10H13NO3/c1-4-10(2,3)11-6-7(9(13)14)5-8(11)12/h1,7H,5-6H2,2-3H3,(H,13,14). The molecular weight excluding hydrogens is 182 g/mol. The Labute approximate surface area is 82.9 Å². The molecule has 1 saturated heterocycles. The van der Waals surface area contributed by atoms with Crippen LogP contribution in [0.25, 0.3) is 0 Å². The lowest BCUT2D eigenvalue weighted by atomic mass is 10.1. The number of terminal acetylenes is 1. The smallest absolute Gasteiger partial charge is 0.308 e. The maximum atomic E-state index is 11.5. The van der Waals surface area contributed by atoms with Crippen molar-refractivity contribution < 1.29 is 14.7 Å². The molecule has 1 N–H and O–H groups in total. The number of carboxylic acid groups (broad SMARTS) is 1. The van der Waals surface area contributed by atoms with Crippen LogP contribution in [0.4, 0.5) is 0 Å². The summed E-state index contributed by atoms with van der Waals surface area (Å²) in [5, 5.41) is 8.76. The number of aliphatic carboxylic acids is 1. The minimum Gasteiger partial charge on any atom is -0.481 e. The van der Waals surface area contributed by atoms with Gasteiger partial charge in [0.05, 0.1) is 11.5 Å². The van der Waals surface area contributed by atoms with Crippen LogP contribution in [0.15, 0.2) is 0 Å². The number of likely N-dealkylation sites (tertiary alicyclic amines) is 1. The second-order valence-electron chi connectivity index (χ2n) is 3.95. The van der Waals surface area contributed by atoms with E-state index >= 15 is 0 Å². The molecule has 14 heavy (non-hydrogen) atoms. The monoisotopic (exact) mass is 195 g/mol.